The molecule has 1 aliphatic heterocycles. The maximum Gasteiger partial charge on any atom is 0.315 e. The van der Waals surface area contributed by atoms with Gasteiger partial charge >= 0.3 is 6.03 Å². The monoisotopic (exact) mass is 318 g/mol. The number of aryl methyl sites for hydroxylation is 1. The Hall–Kier alpha value is -1.59. The SMILES string of the molecule is CC1CC(NC(=O)NCC2(O)CCc3ccccc32)CC(C)O1. The van der Waals surface area contributed by atoms with Gasteiger partial charge in [0.05, 0.1) is 18.8 Å². The highest BCUT2D eigenvalue weighted by atomic mass is 16.5. The molecule has 5 heteroatoms. The van der Waals surface area contributed by atoms with Gasteiger partial charge < -0.3 is 20.5 Å². The van der Waals surface area contributed by atoms with Crippen molar-refractivity contribution < 1.29 is 14.6 Å². The Kier molecular flexibility index (Phi) is 4.60. The van der Waals surface area contributed by atoms with Crippen molar-refractivity contribution in [3.63, 3.8) is 0 Å². The van der Waals surface area contributed by atoms with Crippen molar-refractivity contribution in [2.75, 3.05) is 6.54 Å². The highest BCUT2D eigenvalue weighted by Crippen LogP contribution is 2.36. The van der Waals surface area contributed by atoms with E-state index < -0.39 is 5.60 Å². The number of aliphatic hydroxyl groups is 1. The average Bonchev–Trinajstić information content (AvgIpc) is 2.83. The van der Waals surface area contributed by atoms with Crippen molar-refractivity contribution in [2.24, 2.45) is 0 Å². The largest absolute Gasteiger partial charge is 0.383 e. The molecule has 0 spiro atoms. The minimum atomic E-state index is -0.954. The standard InChI is InChI=1S/C18H26N2O3/c1-12-9-15(10-13(2)23-12)20-17(21)19-11-18(22)8-7-14-5-3-4-6-16(14)18/h3-6,12-13,15,22H,7-11H2,1-2H3,(H2,19,20,21). The number of carbonyl (C=O) groups is 1. The normalized spacial score (nSPS) is 33.1. The van der Waals surface area contributed by atoms with Crippen LogP contribution in [0, 0.1) is 0 Å². The van der Waals surface area contributed by atoms with Crippen molar-refractivity contribution in [1.29, 1.82) is 0 Å². The van der Waals surface area contributed by atoms with Crippen LogP contribution in [-0.2, 0) is 16.8 Å². The number of hydrogen-bond donors (Lipinski definition) is 3. The molecular weight excluding hydrogens is 292 g/mol. The summed E-state index contributed by atoms with van der Waals surface area (Å²) in [5.41, 5.74) is 1.15. The fourth-order valence-corrected chi connectivity index (χ4v) is 3.84. The van der Waals surface area contributed by atoms with Crippen molar-refractivity contribution in [3.8, 4) is 0 Å². The van der Waals surface area contributed by atoms with Crippen LogP contribution in [-0.4, -0.2) is 35.9 Å². The summed E-state index contributed by atoms with van der Waals surface area (Å²) in [6, 6.07) is 7.81. The van der Waals surface area contributed by atoms with Crippen molar-refractivity contribution in [2.45, 2.75) is 63.4 Å². The molecule has 126 valence electrons. The number of fused-ring (bicyclic) bond motifs is 1. The smallest absolute Gasteiger partial charge is 0.315 e. The van der Waals surface area contributed by atoms with Crippen LogP contribution in [0.3, 0.4) is 0 Å². The maximum absolute atomic E-state index is 12.2. The summed E-state index contributed by atoms with van der Waals surface area (Å²) < 4.78 is 5.68. The number of ether oxygens (including phenoxy) is 1. The first kappa shape index (κ1) is 16.3. The van der Waals surface area contributed by atoms with E-state index in [9.17, 15) is 9.90 Å². The molecule has 1 aromatic carbocycles. The molecule has 3 unspecified atom stereocenters. The molecule has 1 aromatic rings. The molecule has 3 rings (SSSR count). The summed E-state index contributed by atoms with van der Waals surface area (Å²) in [6.45, 7) is 4.30. The minimum absolute atomic E-state index is 0.124. The van der Waals surface area contributed by atoms with E-state index in [1.807, 2.05) is 38.1 Å². The Morgan fingerprint density at radius 1 is 1.30 bits per heavy atom. The van der Waals surface area contributed by atoms with E-state index in [4.69, 9.17) is 4.74 Å². The zero-order valence-corrected chi connectivity index (χ0v) is 13.8. The van der Waals surface area contributed by atoms with Crippen molar-refractivity contribution >= 4 is 6.03 Å². The molecule has 2 amide bonds. The number of carbonyl (C=O) groups excluding carboxylic acids is 1. The van der Waals surface area contributed by atoms with Crippen LogP contribution < -0.4 is 10.6 Å². The lowest BCUT2D eigenvalue weighted by Crippen LogP contribution is -2.50. The van der Waals surface area contributed by atoms with Crippen LogP contribution in [0.15, 0.2) is 24.3 Å². The molecule has 3 N–H and O–H groups in total. The van der Waals surface area contributed by atoms with E-state index >= 15 is 0 Å². The van der Waals surface area contributed by atoms with Gasteiger partial charge in [-0.15, -0.1) is 0 Å². The Labute approximate surface area is 137 Å². The van der Waals surface area contributed by atoms with Gasteiger partial charge in [-0.3, -0.25) is 0 Å². The molecule has 3 atom stereocenters. The molecule has 1 aliphatic carbocycles. The Morgan fingerprint density at radius 2 is 2.00 bits per heavy atom. The lowest BCUT2D eigenvalue weighted by molar-refractivity contribution is -0.0403. The number of benzene rings is 1. The Balaban J connectivity index is 1.53. The lowest BCUT2D eigenvalue weighted by atomic mass is 9.96. The second-order valence-electron chi connectivity index (χ2n) is 6.94. The van der Waals surface area contributed by atoms with Gasteiger partial charge in [-0.05, 0) is 50.7 Å². The quantitative estimate of drug-likeness (QED) is 0.799. The zero-order chi connectivity index (χ0) is 16.4. The highest BCUT2D eigenvalue weighted by Gasteiger charge is 2.36. The molecule has 0 aromatic heterocycles. The summed E-state index contributed by atoms with van der Waals surface area (Å²) in [6.07, 6.45) is 3.48. The molecule has 0 bridgehead atoms. The van der Waals surface area contributed by atoms with Crippen LogP contribution in [0.4, 0.5) is 4.79 Å². The fourth-order valence-electron chi connectivity index (χ4n) is 3.84. The number of nitrogens with one attached hydrogen (secondary N) is 2. The summed E-state index contributed by atoms with van der Waals surface area (Å²) in [5.74, 6) is 0. The third kappa shape index (κ3) is 3.67. The second kappa shape index (κ2) is 6.49. The third-order valence-electron chi connectivity index (χ3n) is 4.90. The molecule has 1 fully saturated rings. The van der Waals surface area contributed by atoms with Crippen LogP contribution >= 0.6 is 0 Å². The summed E-state index contributed by atoms with van der Waals surface area (Å²) in [5, 5.41) is 16.7. The van der Waals surface area contributed by atoms with E-state index in [0.29, 0.717) is 6.42 Å². The van der Waals surface area contributed by atoms with Gasteiger partial charge in [0.25, 0.3) is 0 Å². The predicted octanol–water partition coefficient (Wildman–Crippen LogP) is 2.08. The van der Waals surface area contributed by atoms with Gasteiger partial charge in [-0.25, -0.2) is 4.79 Å². The average molecular weight is 318 g/mol. The summed E-state index contributed by atoms with van der Waals surface area (Å²) in [4.78, 5) is 12.2. The molecule has 0 saturated carbocycles. The zero-order valence-electron chi connectivity index (χ0n) is 13.8. The van der Waals surface area contributed by atoms with E-state index in [2.05, 4.69) is 10.6 Å². The first-order valence-corrected chi connectivity index (χ1v) is 8.47. The Morgan fingerprint density at radius 3 is 2.74 bits per heavy atom. The van der Waals surface area contributed by atoms with Gasteiger partial charge in [-0.2, -0.15) is 0 Å². The van der Waals surface area contributed by atoms with Crippen LogP contribution in [0.5, 0.6) is 0 Å². The molecule has 23 heavy (non-hydrogen) atoms. The third-order valence-corrected chi connectivity index (χ3v) is 4.90. The van der Waals surface area contributed by atoms with Crippen molar-refractivity contribution in [3.05, 3.63) is 35.4 Å². The van der Waals surface area contributed by atoms with E-state index in [0.717, 1.165) is 24.8 Å². The molecule has 2 aliphatic rings. The van der Waals surface area contributed by atoms with E-state index in [-0.39, 0.29) is 30.8 Å². The maximum atomic E-state index is 12.2. The number of rotatable bonds is 3. The van der Waals surface area contributed by atoms with Gasteiger partial charge in [0.15, 0.2) is 0 Å². The van der Waals surface area contributed by atoms with Crippen LogP contribution in [0.1, 0.15) is 44.2 Å². The number of amides is 2. The molecule has 1 saturated heterocycles. The fraction of sp³-hybridized carbons (Fsp3) is 0.611. The second-order valence-corrected chi connectivity index (χ2v) is 6.94. The summed E-state index contributed by atoms with van der Waals surface area (Å²) >= 11 is 0. The molecule has 1 heterocycles. The predicted molar refractivity (Wildman–Crippen MR) is 88.2 cm³/mol. The first-order chi connectivity index (χ1) is 11.0. The minimum Gasteiger partial charge on any atom is -0.383 e. The molecule has 0 radical (unpaired) electrons. The number of urea groups is 1. The molecular formula is C18H26N2O3. The van der Waals surface area contributed by atoms with Gasteiger partial charge in [-0.1, -0.05) is 24.3 Å². The highest BCUT2D eigenvalue weighted by molar-refractivity contribution is 5.74. The van der Waals surface area contributed by atoms with Crippen LogP contribution in [0.25, 0.3) is 0 Å². The van der Waals surface area contributed by atoms with E-state index in [1.54, 1.807) is 0 Å². The van der Waals surface area contributed by atoms with Gasteiger partial charge in [0.1, 0.15) is 5.60 Å². The summed E-state index contributed by atoms with van der Waals surface area (Å²) in [7, 11) is 0. The van der Waals surface area contributed by atoms with Gasteiger partial charge in [0.2, 0.25) is 0 Å². The van der Waals surface area contributed by atoms with Crippen molar-refractivity contribution in [1.82, 2.24) is 10.6 Å². The first-order valence-electron chi connectivity index (χ1n) is 8.47. The Bertz CT molecular complexity index is 567. The topological polar surface area (TPSA) is 70.6 Å². The lowest BCUT2D eigenvalue weighted by Gasteiger charge is -2.33. The van der Waals surface area contributed by atoms with Gasteiger partial charge in [0, 0.05) is 6.04 Å². The number of hydrogen-bond acceptors (Lipinski definition) is 3. The van der Waals surface area contributed by atoms with E-state index in [1.165, 1.54) is 5.56 Å². The molecule has 5 nitrogen and oxygen atoms in total. The van der Waals surface area contributed by atoms with Crippen LogP contribution in [0.2, 0.25) is 0 Å².